The molecule has 6 nitrogen and oxygen atoms in total. The first-order valence-electron chi connectivity index (χ1n) is 8.07. The second-order valence-corrected chi connectivity index (χ2v) is 6.63. The van der Waals surface area contributed by atoms with Gasteiger partial charge in [0.15, 0.2) is 0 Å². The molecular weight excluding hydrogens is 350 g/mol. The van der Waals surface area contributed by atoms with E-state index in [9.17, 15) is 4.79 Å². The predicted octanol–water partition coefficient (Wildman–Crippen LogP) is 3.61. The number of aromatic nitrogens is 2. The Kier molecular flexibility index (Phi) is 5.91. The highest BCUT2D eigenvalue weighted by molar-refractivity contribution is 7.98. The van der Waals surface area contributed by atoms with Crippen LogP contribution in [0.1, 0.15) is 27.4 Å². The number of hydrogen-bond donors (Lipinski definition) is 1. The molecule has 0 unspecified atom stereocenters. The van der Waals surface area contributed by atoms with E-state index in [1.807, 2.05) is 43.3 Å². The highest BCUT2D eigenvalue weighted by Gasteiger charge is 2.12. The van der Waals surface area contributed by atoms with Crippen molar-refractivity contribution in [3.05, 3.63) is 71.2 Å². The Morgan fingerprint density at radius 3 is 2.81 bits per heavy atom. The molecule has 3 aromatic rings. The van der Waals surface area contributed by atoms with E-state index in [-0.39, 0.29) is 5.91 Å². The van der Waals surface area contributed by atoms with E-state index in [2.05, 4.69) is 15.5 Å². The topological polar surface area (TPSA) is 77.2 Å². The van der Waals surface area contributed by atoms with Crippen molar-refractivity contribution in [1.82, 2.24) is 15.5 Å². The molecule has 0 atom stereocenters. The predicted molar refractivity (Wildman–Crippen MR) is 99.2 cm³/mol. The third-order valence-corrected chi connectivity index (χ3v) is 4.73. The molecule has 0 fully saturated rings. The van der Waals surface area contributed by atoms with Gasteiger partial charge in [-0.1, -0.05) is 23.4 Å². The van der Waals surface area contributed by atoms with Crippen molar-refractivity contribution in [1.29, 1.82) is 0 Å². The normalized spacial score (nSPS) is 10.5. The van der Waals surface area contributed by atoms with E-state index >= 15 is 0 Å². The molecule has 26 heavy (non-hydrogen) atoms. The lowest BCUT2D eigenvalue weighted by Crippen LogP contribution is -2.23. The Morgan fingerprint density at radius 2 is 2.12 bits per heavy atom. The summed E-state index contributed by atoms with van der Waals surface area (Å²) in [7, 11) is 1.57. The van der Waals surface area contributed by atoms with Crippen LogP contribution in [0, 0.1) is 6.92 Å². The van der Waals surface area contributed by atoms with Crippen molar-refractivity contribution in [3.8, 4) is 5.88 Å². The van der Waals surface area contributed by atoms with E-state index in [0.29, 0.717) is 23.7 Å². The zero-order valence-electron chi connectivity index (χ0n) is 14.6. The largest absolute Gasteiger partial charge is 0.481 e. The fourth-order valence-corrected chi connectivity index (χ4v) is 3.25. The molecule has 0 spiro atoms. The number of rotatable bonds is 7. The smallest absolute Gasteiger partial charge is 0.252 e. The van der Waals surface area contributed by atoms with E-state index in [4.69, 9.17) is 9.26 Å². The highest BCUT2D eigenvalue weighted by atomic mass is 32.2. The summed E-state index contributed by atoms with van der Waals surface area (Å²) in [5, 5.41) is 6.81. The maximum Gasteiger partial charge on any atom is 0.252 e. The first kappa shape index (κ1) is 18.0. The SMILES string of the molecule is COc1ccc(CNC(=O)c2ccccc2SCc2cc(C)no2)cn1. The summed E-state index contributed by atoms with van der Waals surface area (Å²) in [6, 6.07) is 13.0. The third-order valence-electron chi connectivity index (χ3n) is 3.64. The summed E-state index contributed by atoms with van der Waals surface area (Å²) in [6.45, 7) is 2.28. The Hall–Kier alpha value is -2.80. The minimum absolute atomic E-state index is 0.127. The van der Waals surface area contributed by atoms with Crippen LogP contribution >= 0.6 is 11.8 Å². The maximum atomic E-state index is 12.6. The molecule has 0 saturated carbocycles. The fraction of sp³-hybridized carbons (Fsp3) is 0.211. The Bertz CT molecular complexity index is 878. The van der Waals surface area contributed by atoms with Crippen LogP contribution in [0.3, 0.4) is 0 Å². The number of benzene rings is 1. The zero-order valence-corrected chi connectivity index (χ0v) is 15.4. The number of methoxy groups -OCH3 is 1. The van der Waals surface area contributed by atoms with Gasteiger partial charge in [0.1, 0.15) is 5.76 Å². The number of hydrogen-bond acceptors (Lipinski definition) is 6. The average molecular weight is 369 g/mol. The Balaban J connectivity index is 1.63. The second kappa shape index (κ2) is 8.53. The molecule has 2 aromatic heterocycles. The van der Waals surface area contributed by atoms with Gasteiger partial charge in [-0.2, -0.15) is 0 Å². The highest BCUT2D eigenvalue weighted by Crippen LogP contribution is 2.26. The van der Waals surface area contributed by atoms with Crippen LogP contribution in [0.25, 0.3) is 0 Å². The van der Waals surface area contributed by atoms with Gasteiger partial charge in [-0.25, -0.2) is 4.98 Å². The molecule has 0 aliphatic heterocycles. The molecule has 0 bridgehead atoms. The van der Waals surface area contributed by atoms with Gasteiger partial charge in [-0.15, -0.1) is 11.8 Å². The van der Waals surface area contributed by atoms with Crippen molar-refractivity contribution >= 4 is 17.7 Å². The summed E-state index contributed by atoms with van der Waals surface area (Å²) in [5.41, 5.74) is 2.39. The van der Waals surface area contributed by atoms with Gasteiger partial charge in [0.25, 0.3) is 5.91 Å². The summed E-state index contributed by atoms with van der Waals surface area (Å²) >= 11 is 1.54. The van der Waals surface area contributed by atoms with Crippen LogP contribution < -0.4 is 10.1 Å². The van der Waals surface area contributed by atoms with Crippen LogP contribution in [-0.2, 0) is 12.3 Å². The number of nitrogens with zero attached hydrogens (tertiary/aromatic N) is 2. The molecular formula is C19H19N3O3S. The van der Waals surface area contributed by atoms with E-state index in [1.165, 1.54) is 0 Å². The molecule has 0 aliphatic rings. The van der Waals surface area contributed by atoms with E-state index in [0.717, 1.165) is 21.9 Å². The lowest BCUT2D eigenvalue weighted by molar-refractivity contribution is 0.0948. The molecule has 1 aromatic carbocycles. The van der Waals surface area contributed by atoms with Gasteiger partial charge >= 0.3 is 0 Å². The number of carbonyl (C=O) groups is 1. The number of carbonyl (C=O) groups excluding carboxylic acids is 1. The third kappa shape index (κ3) is 4.64. The van der Waals surface area contributed by atoms with Crippen LogP contribution in [0.2, 0.25) is 0 Å². The Labute approximate surface area is 156 Å². The van der Waals surface area contributed by atoms with Gasteiger partial charge in [0, 0.05) is 29.8 Å². The second-order valence-electron chi connectivity index (χ2n) is 5.61. The number of aryl methyl sites for hydroxylation is 1. The molecule has 134 valence electrons. The van der Waals surface area contributed by atoms with Gasteiger partial charge in [0.05, 0.1) is 24.1 Å². The van der Waals surface area contributed by atoms with Crippen LogP contribution in [0.5, 0.6) is 5.88 Å². The van der Waals surface area contributed by atoms with Gasteiger partial charge in [-0.05, 0) is 24.6 Å². The van der Waals surface area contributed by atoms with E-state index < -0.39 is 0 Å². The Morgan fingerprint density at radius 1 is 1.27 bits per heavy atom. The van der Waals surface area contributed by atoms with Crippen molar-refractivity contribution in [2.45, 2.75) is 24.1 Å². The summed E-state index contributed by atoms with van der Waals surface area (Å²) in [6.07, 6.45) is 1.69. The number of pyridine rings is 1. The molecule has 1 N–H and O–H groups in total. The van der Waals surface area contributed by atoms with Crippen LogP contribution in [-0.4, -0.2) is 23.2 Å². The maximum absolute atomic E-state index is 12.6. The number of ether oxygens (including phenoxy) is 1. The van der Waals surface area contributed by atoms with Crippen molar-refractivity contribution < 1.29 is 14.1 Å². The van der Waals surface area contributed by atoms with Gasteiger partial charge < -0.3 is 14.6 Å². The average Bonchev–Trinajstić information content (AvgIpc) is 3.10. The van der Waals surface area contributed by atoms with Crippen LogP contribution in [0.4, 0.5) is 0 Å². The molecule has 1 amide bonds. The zero-order chi connectivity index (χ0) is 18.4. The van der Waals surface area contributed by atoms with Gasteiger partial charge in [-0.3, -0.25) is 4.79 Å². The lowest BCUT2D eigenvalue weighted by atomic mass is 10.2. The monoisotopic (exact) mass is 369 g/mol. The minimum atomic E-state index is -0.127. The van der Waals surface area contributed by atoms with Crippen molar-refractivity contribution in [3.63, 3.8) is 0 Å². The number of nitrogens with one attached hydrogen (secondary N) is 1. The number of thioether (sulfide) groups is 1. The van der Waals surface area contributed by atoms with Crippen molar-refractivity contribution in [2.24, 2.45) is 0 Å². The minimum Gasteiger partial charge on any atom is -0.481 e. The quantitative estimate of drug-likeness (QED) is 0.641. The fourth-order valence-electron chi connectivity index (χ4n) is 2.33. The molecule has 2 heterocycles. The van der Waals surface area contributed by atoms with Crippen molar-refractivity contribution in [2.75, 3.05) is 7.11 Å². The lowest BCUT2D eigenvalue weighted by Gasteiger charge is -2.09. The van der Waals surface area contributed by atoms with Gasteiger partial charge in [0.2, 0.25) is 5.88 Å². The van der Waals surface area contributed by atoms with E-state index in [1.54, 1.807) is 31.1 Å². The first-order chi connectivity index (χ1) is 12.7. The molecule has 7 heteroatoms. The summed E-state index contributed by atoms with van der Waals surface area (Å²) in [5.74, 6) is 1.82. The summed E-state index contributed by atoms with van der Waals surface area (Å²) < 4.78 is 10.3. The first-order valence-corrected chi connectivity index (χ1v) is 9.05. The molecule has 0 radical (unpaired) electrons. The molecule has 0 saturated heterocycles. The standard InChI is InChI=1S/C19H19N3O3S/c1-13-9-15(25-22-13)12-26-17-6-4-3-5-16(17)19(23)21-11-14-7-8-18(24-2)20-10-14/h3-10H,11-12H2,1-2H3,(H,21,23). The summed E-state index contributed by atoms with van der Waals surface area (Å²) in [4.78, 5) is 17.6. The van der Waals surface area contributed by atoms with Crippen LogP contribution in [0.15, 0.2) is 58.1 Å². The molecule has 3 rings (SSSR count). The molecule has 0 aliphatic carbocycles. The number of amides is 1.